The molecule has 2 atom stereocenters. The highest BCUT2D eigenvalue weighted by Gasteiger charge is 2.41. The Morgan fingerprint density at radius 2 is 2.00 bits per heavy atom. The first-order chi connectivity index (χ1) is 9.45. The monoisotopic (exact) mass is 277 g/mol. The lowest BCUT2D eigenvalue weighted by Gasteiger charge is -2.47. The smallest absolute Gasteiger partial charge is 0.269 e. The molecule has 0 aromatic carbocycles. The summed E-state index contributed by atoms with van der Waals surface area (Å²) in [5, 5.41) is 2.53. The van der Waals surface area contributed by atoms with E-state index >= 15 is 0 Å². The number of hydrogen-bond donors (Lipinski definition) is 0. The van der Waals surface area contributed by atoms with Gasteiger partial charge < -0.3 is 0 Å². The Kier molecular flexibility index (Phi) is 4.77. The number of amides is 1. The summed E-state index contributed by atoms with van der Waals surface area (Å²) in [6.07, 6.45) is 9.90. The first-order valence-electron chi connectivity index (χ1n) is 7.99. The minimum absolute atomic E-state index is 0.363. The Labute approximate surface area is 122 Å². The fourth-order valence-corrected chi connectivity index (χ4v) is 4.28. The van der Waals surface area contributed by atoms with Gasteiger partial charge in [0.15, 0.2) is 0 Å². The van der Waals surface area contributed by atoms with E-state index in [1.54, 1.807) is 0 Å². The number of carbonyl (C=O) groups excluding carboxylic acids is 1. The molecule has 3 heteroatoms. The Hall–Kier alpha value is -0.990. The van der Waals surface area contributed by atoms with Gasteiger partial charge in [0.25, 0.3) is 5.91 Å². The molecule has 1 fully saturated rings. The lowest BCUT2D eigenvalue weighted by atomic mass is 9.58. The molecule has 20 heavy (non-hydrogen) atoms. The highest BCUT2D eigenvalue weighted by atomic mass is 16.3. The van der Waals surface area contributed by atoms with E-state index in [0.29, 0.717) is 23.7 Å². The number of carbonyl (C=O) groups is 1. The van der Waals surface area contributed by atoms with E-state index in [2.05, 4.69) is 32.0 Å². The molecule has 0 aromatic heterocycles. The molecule has 0 saturated heterocycles. The Morgan fingerprint density at radius 1 is 1.35 bits per heavy atom. The van der Waals surface area contributed by atoms with E-state index in [9.17, 15) is 9.70 Å². The molecular formula is C17H27NO2. The number of hydrogen-bond acceptors (Lipinski definition) is 2. The minimum Gasteiger partial charge on any atom is -0.269 e. The van der Waals surface area contributed by atoms with E-state index < -0.39 is 5.91 Å². The van der Waals surface area contributed by atoms with Gasteiger partial charge in [-0.25, -0.2) is 0 Å². The number of rotatable bonds is 3. The van der Waals surface area contributed by atoms with Crippen LogP contribution < -0.4 is 0 Å². The molecular weight excluding hydrogens is 250 g/mol. The fourth-order valence-electron chi connectivity index (χ4n) is 4.28. The molecule has 2 rings (SSSR count). The molecule has 1 amide bonds. The van der Waals surface area contributed by atoms with Gasteiger partial charge in [-0.05, 0) is 68.6 Å². The molecule has 2 aliphatic carbocycles. The van der Waals surface area contributed by atoms with Crippen LogP contribution in [0.3, 0.4) is 0 Å². The molecule has 0 N–H and O–H groups in total. The standard InChI is InChI=1S/C17H27NO2/c1-12-8-9-17(3,13(2)10-12)15-6-4-14(5-7-15)11-16(19)18-20/h10,13-15H,4-9,11H2,1-3H3. The molecule has 0 heterocycles. The van der Waals surface area contributed by atoms with E-state index in [-0.39, 0.29) is 0 Å². The summed E-state index contributed by atoms with van der Waals surface area (Å²) in [4.78, 5) is 21.3. The summed E-state index contributed by atoms with van der Waals surface area (Å²) in [7, 11) is 0. The van der Waals surface area contributed by atoms with Crippen molar-refractivity contribution in [3.05, 3.63) is 16.6 Å². The minimum atomic E-state index is -0.468. The summed E-state index contributed by atoms with van der Waals surface area (Å²) in [6, 6.07) is 0. The van der Waals surface area contributed by atoms with Gasteiger partial charge in [0, 0.05) is 11.6 Å². The van der Waals surface area contributed by atoms with Gasteiger partial charge in [0.05, 0.1) is 0 Å². The second-order valence-corrected chi connectivity index (χ2v) is 7.21. The second kappa shape index (κ2) is 6.19. The lowest BCUT2D eigenvalue weighted by molar-refractivity contribution is -0.119. The number of allylic oxidation sites excluding steroid dienone is 2. The molecule has 0 aliphatic heterocycles. The van der Waals surface area contributed by atoms with Gasteiger partial charge in [-0.3, -0.25) is 4.79 Å². The van der Waals surface area contributed by atoms with Crippen molar-refractivity contribution in [3.8, 4) is 0 Å². The normalized spacial score (nSPS) is 38.1. The van der Waals surface area contributed by atoms with Crippen LogP contribution in [0.15, 0.2) is 16.8 Å². The van der Waals surface area contributed by atoms with Crippen LogP contribution in [0.2, 0.25) is 0 Å². The van der Waals surface area contributed by atoms with Crippen molar-refractivity contribution in [3.63, 3.8) is 0 Å². The van der Waals surface area contributed by atoms with Crippen LogP contribution in [0.5, 0.6) is 0 Å². The zero-order valence-electron chi connectivity index (χ0n) is 13.0. The predicted octanol–water partition coefficient (Wildman–Crippen LogP) is 4.86. The van der Waals surface area contributed by atoms with Crippen LogP contribution in [-0.4, -0.2) is 5.91 Å². The maximum atomic E-state index is 11.1. The molecule has 0 aromatic rings. The molecule has 112 valence electrons. The Balaban J connectivity index is 1.93. The van der Waals surface area contributed by atoms with Crippen LogP contribution in [-0.2, 0) is 4.79 Å². The topological polar surface area (TPSA) is 46.5 Å². The van der Waals surface area contributed by atoms with E-state index in [1.165, 1.54) is 31.3 Å². The van der Waals surface area contributed by atoms with Crippen molar-refractivity contribution >= 4 is 5.91 Å². The summed E-state index contributed by atoms with van der Waals surface area (Å²) in [5.41, 5.74) is 1.95. The zero-order chi connectivity index (χ0) is 14.8. The van der Waals surface area contributed by atoms with Crippen LogP contribution in [0.1, 0.15) is 65.7 Å². The van der Waals surface area contributed by atoms with Crippen molar-refractivity contribution < 1.29 is 4.79 Å². The van der Waals surface area contributed by atoms with Crippen molar-refractivity contribution in [2.24, 2.45) is 28.3 Å². The van der Waals surface area contributed by atoms with Crippen molar-refractivity contribution in [2.45, 2.75) is 65.7 Å². The summed E-state index contributed by atoms with van der Waals surface area (Å²) in [5.74, 6) is 1.33. The van der Waals surface area contributed by atoms with Crippen molar-refractivity contribution in [1.82, 2.24) is 0 Å². The second-order valence-electron chi connectivity index (χ2n) is 7.21. The van der Waals surface area contributed by atoms with Gasteiger partial charge in [-0.15, -0.1) is 4.91 Å². The number of nitrogens with zero attached hydrogens (tertiary/aromatic N) is 1. The maximum Gasteiger partial charge on any atom is 0.286 e. The summed E-state index contributed by atoms with van der Waals surface area (Å²) >= 11 is 0. The third kappa shape index (κ3) is 3.18. The largest absolute Gasteiger partial charge is 0.286 e. The zero-order valence-corrected chi connectivity index (χ0v) is 13.0. The Bertz CT molecular complexity index is 407. The first-order valence-corrected chi connectivity index (χ1v) is 7.99. The van der Waals surface area contributed by atoms with Gasteiger partial charge in [0.2, 0.25) is 0 Å². The van der Waals surface area contributed by atoms with Crippen molar-refractivity contribution in [1.29, 1.82) is 0 Å². The molecule has 2 aliphatic rings. The molecule has 3 nitrogen and oxygen atoms in total. The third-order valence-corrected chi connectivity index (χ3v) is 5.98. The van der Waals surface area contributed by atoms with Crippen LogP contribution in [0, 0.1) is 28.1 Å². The molecule has 2 unspecified atom stereocenters. The average Bonchev–Trinajstić information content (AvgIpc) is 2.44. The average molecular weight is 277 g/mol. The SMILES string of the molecule is CC1=CC(C)C(C)(C2CCC(CC(=O)N=O)CC2)CC1. The highest BCUT2D eigenvalue weighted by molar-refractivity contribution is 5.76. The first kappa shape index (κ1) is 15.4. The van der Waals surface area contributed by atoms with Crippen LogP contribution >= 0.6 is 0 Å². The predicted molar refractivity (Wildman–Crippen MR) is 81.1 cm³/mol. The quantitative estimate of drug-likeness (QED) is 0.546. The van der Waals surface area contributed by atoms with Gasteiger partial charge in [-0.1, -0.05) is 25.5 Å². The summed E-state index contributed by atoms with van der Waals surface area (Å²) in [6.45, 7) is 7.04. The van der Waals surface area contributed by atoms with Crippen LogP contribution in [0.25, 0.3) is 0 Å². The number of nitroso groups, excluding NO2 is 1. The van der Waals surface area contributed by atoms with Crippen molar-refractivity contribution in [2.75, 3.05) is 0 Å². The van der Waals surface area contributed by atoms with E-state index in [0.717, 1.165) is 18.8 Å². The van der Waals surface area contributed by atoms with E-state index in [1.807, 2.05) is 0 Å². The molecule has 0 spiro atoms. The van der Waals surface area contributed by atoms with Gasteiger partial charge in [0.1, 0.15) is 0 Å². The van der Waals surface area contributed by atoms with Crippen LogP contribution in [0.4, 0.5) is 0 Å². The lowest BCUT2D eigenvalue weighted by Crippen LogP contribution is -2.37. The van der Waals surface area contributed by atoms with Gasteiger partial charge in [-0.2, -0.15) is 0 Å². The molecule has 0 bridgehead atoms. The highest BCUT2D eigenvalue weighted by Crippen LogP contribution is 2.51. The maximum absolute atomic E-state index is 11.1. The molecule has 1 saturated carbocycles. The third-order valence-electron chi connectivity index (χ3n) is 5.98. The molecule has 0 radical (unpaired) electrons. The fraction of sp³-hybridized carbons (Fsp3) is 0.824. The Morgan fingerprint density at radius 3 is 2.55 bits per heavy atom. The van der Waals surface area contributed by atoms with E-state index in [4.69, 9.17) is 0 Å². The van der Waals surface area contributed by atoms with Gasteiger partial charge >= 0.3 is 0 Å². The summed E-state index contributed by atoms with van der Waals surface area (Å²) < 4.78 is 0.